The molecular weight excluding hydrogens is 352 g/mol. The molecule has 0 aromatic carbocycles. The van der Waals surface area contributed by atoms with E-state index < -0.39 is 0 Å². The molecular formula is C21H34N6O. The Hall–Kier alpha value is -2.05. The lowest BCUT2D eigenvalue weighted by molar-refractivity contribution is -0.127. The molecule has 154 valence electrons. The molecule has 0 saturated heterocycles. The van der Waals surface area contributed by atoms with Gasteiger partial charge >= 0.3 is 0 Å². The third-order valence-electron chi connectivity index (χ3n) is 6.73. The van der Waals surface area contributed by atoms with E-state index in [1.54, 1.807) is 19.0 Å². The number of nitrogens with zero attached hydrogens (tertiary/aromatic N) is 4. The quantitative estimate of drug-likeness (QED) is 0.581. The van der Waals surface area contributed by atoms with Crippen LogP contribution in [0.5, 0.6) is 0 Å². The van der Waals surface area contributed by atoms with Crippen molar-refractivity contribution in [2.24, 2.45) is 16.8 Å². The molecule has 0 aliphatic heterocycles. The first-order valence-corrected chi connectivity index (χ1v) is 10.9. The Morgan fingerprint density at radius 2 is 2.07 bits per heavy atom. The molecule has 2 bridgehead atoms. The number of hydrogen-bond donors (Lipinski definition) is 2. The van der Waals surface area contributed by atoms with Gasteiger partial charge in [0.15, 0.2) is 5.96 Å². The molecule has 7 nitrogen and oxygen atoms in total. The number of amides is 1. The minimum Gasteiger partial charge on any atom is -0.353 e. The van der Waals surface area contributed by atoms with Crippen molar-refractivity contribution in [1.29, 1.82) is 0 Å². The number of rotatable bonds is 6. The van der Waals surface area contributed by atoms with Crippen LogP contribution in [0.1, 0.15) is 63.1 Å². The molecule has 2 N–H and O–H groups in total. The fraction of sp³-hybridized carbons (Fsp3) is 0.762. The molecule has 3 aliphatic carbocycles. The Labute approximate surface area is 168 Å². The second-order valence-corrected chi connectivity index (χ2v) is 8.96. The van der Waals surface area contributed by atoms with Crippen LogP contribution in [-0.2, 0) is 11.3 Å². The van der Waals surface area contributed by atoms with Gasteiger partial charge in [-0.05, 0) is 50.0 Å². The number of hydrogen-bond acceptors (Lipinski definition) is 3. The highest BCUT2D eigenvalue weighted by Crippen LogP contribution is 2.44. The first kappa shape index (κ1) is 19.3. The monoisotopic (exact) mass is 386 g/mol. The molecule has 1 aromatic heterocycles. The van der Waals surface area contributed by atoms with Crippen LogP contribution in [0.15, 0.2) is 17.3 Å². The van der Waals surface area contributed by atoms with E-state index in [9.17, 15) is 4.79 Å². The Balaban J connectivity index is 1.39. The lowest BCUT2D eigenvalue weighted by Crippen LogP contribution is -2.48. The summed E-state index contributed by atoms with van der Waals surface area (Å²) in [6.07, 6.45) is 12.4. The van der Waals surface area contributed by atoms with Gasteiger partial charge in [0.25, 0.3) is 0 Å². The number of aromatic nitrogens is 2. The van der Waals surface area contributed by atoms with E-state index in [1.807, 2.05) is 0 Å². The summed E-state index contributed by atoms with van der Waals surface area (Å²) in [7, 11) is 3.56. The standard InChI is InChI=1S/C21H34N6O/c1-26(2)20(28)14-23-21(24-19-12-15-7-8-16(19)11-15)22-13-17-9-10-27(25-17)18-5-3-4-6-18/h9-10,15-16,18-19H,3-8,11-14H2,1-2H3,(H2,22,23,24). The minimum atomic E-state index is 0.0490. The predicted octanol–water partition coefficient (Wildman–Crippen LogP) is 2.31. The molecule has 28 heavy (non-hydrogen) atoms. The molecule has 1 heterocycles. The van der Waals surface area contributed by atoms with Gasteiger partial charge in [-0.15, -0.1) is 0 Å². The van der Waals surface area contributed by atoms with Crippen molar-refractivity contribution < 1.29 is 4.79 Å². The van der Waals surface area contributed by atoms with E-state index in [0.29, 0.717) is 18.6 Å². The maximum atomic E-state index is 12.0. The maximum Gasteiger partial charge on any atom is 0.241 e. The van der Waals surface area contributed by atoms with Crippen LogP contribution in [0.25, 0.3) is 0 Å². The summed E-state index contributed by atoms with van der Waals surface area (Å²) < 4.78 is 2.11. The Morgan fingerprint density at radius 3 is 2.75 bits per heavy atom. The number of aliphatic imine (C=N–C) groups is 1. The predicted molar refractivity (Wildman–Crippen MR) is 110 cm³/mol. The van der Waals surface area contributed by atoms with Crippen LogP contribution in [0.3, 0.4) is 0 Å². The number of fused-ring (bicyclic) bond motifs is 2. The average Bonchev–Trinajstić information content (AvgIpc) is 3.47. The third kappa shape index (κ3) is 4.50. The highest BCUT2D eigenvalue weighted by atomic mass is 16.2. The van der Waals surface area contributed by atoms with Crippen LogP contribution < -0.4 is 10.6 Å². The highest BCUT2D eigenvalue weighted by Gasteiger charge is 2.39. The number of carbonyl (C=O) groups is 1. The number of carbonyl (C=O) groups excluding carboxylic acids is 1. The number of guanidine groups is 1. The zero-order valence-corrected chi connectivity index (χ0v) is 17.2. The molecule has 3 fully saturated rings. The molecule has 7 heteroatoms. The van der Waals surface area contributed by atoms with Gasteiger partial charge in [0.1, 0.15) is 0 Å². The van der Waals surface area contributed by atoms with Crippen LogP contribution in [0.4, 0.5) is 0 Å². The summed E-state index contributed by atoms with van der Waals surface area (Å²) in [4.78, 5) is 18.4. The molecule has 0 radical (unpaired) electrons. The van der Waals surface area contributed by atoms with Crippen molar-refractivity contribution in [3.8, 4) is 0 Å². The topological polar surface area (TPSA) is 74.5 Å². The van der Waals surface area contributed by atoms with Gasteiger partial charge in [0.05, 0.1) is 24.8 Å². The highest BCUT2D eigenvalue weighted by molar-refractivity contribution is 5.86. The van der Waals surface area contributed by atoms with Crippen LogP contribution in [-0.4, -0.2) is 53.2 Å². The molecule has 1 amide bonds. The average molecular weight is 387 g/mol. The van der Waals surface area contributed by atoms with Crippen LogP contribution >= 0.6 is 0 Å². The van der Waals surface area contributed by atoms with Crippen molar-refractivity contribution in [3.05, 3.63) is 18.0 Å². The van der Waals surface area contributed by atoms with Gasteiger partial charge in [-0.1, -0.05) is 19.3 Å². The normalized spacial score (nSPS) is 27.4. The second kappa shape index (κ2) is 8.53. The molecule has 3 saturated carbocycles. The zero-order valence-electron chi connectivity index (χ0n) is 17.2. The first-order valence-electron chi connectivity index (χ1n) is 10.9. The van der Waals surface area contributed by atoms with Gasteiger partial charge in [-0.2, -0.15) is 5.10 Å². The van der Waals surface area contributed by atoms with Gasteiger partial charge in [0, 0.05) is 26.3 Å². The lowest BCUT2D eigenvalue weighted by Gasteiger charge is -2.25. The molecule has 3 unspecified atom stereocenters. The van der Waals surface area contributed by atoms with Crippen molar-refractivity contribution in [1.82, 2.24) is 25.3 Å². The fourth-order valence-corrected chi connectivity index (χ4v) is 5.06. The van der Waals surface area contributed by atoms with Crippen molar-refractivity contribution in [3.63, 3.8) is 0 Å². The van der Waals surface area contributed by atoms with Crippen molar-refractivity contribution in [2.45, 2.75) is 70.0 Å². The first-order chi connectivity index (χ1) is 13.6. The summed E-state index contributed by atoms with van der Waals surface area (Å²) >= 11 is 0. The van der Waals surface area contributed by atoms with Crippen molar-refractivity contribution >= 4 is 11.9 Å². The van der Waals surface area contributed by atoms with E-state index in [1.165, 1.54) is 51.4 Å². The molecule has 1 aromatic rings. The van der Waals surface area contributed by atoms with Gasteiger partial charge in [0.2, 0.25) is 5.91 Å². The number of likely N-dealkylation sites (N-methyl/N-ethyl adjacent to an activating group) is 1. The van der Waals surface area contributed by atoms with Gasteiger partial charge in [-0.25, -0.2) is 4.99 Å². The summed E-state index contributed by atoms with van der Waals surface area (Å²) in [5, 5.41) is 11.6. The Bertz CT molecular complexity index is 706. The second-order valence-electron chi connectivity index (χ2n) is 8.96. The van der Waals surface area contributed by atoms with E-state index in [0.717, 1.165) is 23.5 Å². The van der Waals surface area contributed by atoms with Gasteiger partial charge in [-0.3, -0.25) is 9.48 Å². The number of nitrogens with one attached hydrogen (secondary N) is 2. The van der Waals surface area contributed by atoms with E-state index in [-0.39, 0.29) is 12.5 Å². The third-order valence-corrected chi connectivity index (χ3v) is 6.73. The summed E-state index contributed by atoms with van der Waals surface area (Å²) in [6.45, 7) is 0.794. The summed E-state index contributed by atoms with van der Waals surface area (Å²) in [5.41, 5.74) is 0.986. The molecule has 0 spiro atoms. The van der Waals surface area contributed by atoms with E-state index in [2.05, 4.69) is 27.6 Å². The van der Waals surface area contributed by atoms with Crippen LogP contribution in [0, 0.1) is 11.8 Å². The Morgan fingerprint density at radius 1 is 1.25 bits per heavy atom. The Kier molecular flexibility index (Phi) is 5.87. The van der Waals surface area contributed by atoms with Crippen LogP contribution in [0.2, 0.25) is 0 Å². The van der Waals surface area contributed by atoms with E-state index in [4.69, 9.17) is 10.1 Å². The smallest absolute Gasteiger partial charge is 0.241 e. The summed E-state index contributed by atoms with van der Waals surface area (Å²) in [5.74, 6) is 2.41. The van der Waals surface area contributed by atoms with Gasteiger partial charge < -0.3 is 15.5 Å². The molecule has 3 atom stereocenters. The SMILES string of the molecule is CN(C)C(=O)CNC(=NCc1ccn(C2CCCC2)n1)NC1CC2CCC1C2. The fourth-order valence-electron chi connectivity index (χ4n) is 5.06. The molecule has 4 rings (SSSR count). The summed E-state index contributed by atoms with van der Waals surface area (Å²) in [6, 6.07) is 3.11. The zero-order chi connectivity index (χ0) is 19.5. The minimum absolute atomic E-state index is 0.0490. The largest absolute Gasteiger partial charge is 0.353 e. The molecule has 3 aliphatic rings. The van der Waals surface area contributed by atoms with E-state index >= 15 is 0 Å². The maximum absolute atomic E-state index is 12.0. The lowest BCUT2D eigenvalue weighted by atomic mass is 9.95. The van der Waals surface area contributed by atoms with Crippen molar-refractivity contribution in [2.75, 3.05) is 20.6 Å².